The number of benzene rings is 1. The zero-order chi connectivity index (χ0) is 13.0. The average molecular weight is 268 g/mol. The molecule has 2 aromatic rings. The fourth-order valence-corrected chi connectivity index (χ4v) is 1.63. The monoisotopic (exact) mass is 267 g/mol. The number of hydrogen-bond donors (Lipinski definition) is 1. The molecule has 0 saturated heterocycles. The van der Waals surface area contributed by atoms with Gasteiger partial charge in [0.2, 0.25) is 0 Å². The predicted octanol–water partition coefficient (Wildman–Crippen LogP) is 1.95. The molecule has 2 rings (SSSR count). The molecule has 1 aromatic carbocycles. The summed E-state index contributed by atoms with van der Waals surface area (Å²) in [6, 6.07) is 4.51. The molecular weight excluding hydrogens is 258 g/mol. The van der Waals surface area contributed by atoms with E-state index in [0.717, 1.165) is 0 Å². The van der Waals surface area contributed by atoms with Gasteiger partial charge in [-0.3, -0.25) is 14.8 Å². The lowest BCUT2D eigenvalue weighted by atomic mass is 10.2. The molecule has 8 heteroatoms. The van der Waals surface area contributed by atoms with E-state index < -0.39 is 4.92 Å². The lowest BCUT2D eigenvalue weighted by molar-refractivity contribution is -0.383. The molecule has 0 unspecified atom stereocenters. The highest BCUT2D eigenvalue weighted by atomic mass is 35.5. The number of nitrogens with zero attached hydrogens (tertiary/aromatic N) is 4. The molecular formula is C10H10ClN5O2. The van der Waals surface area contributed by atoms with E-state index in [0.29, 0.717) is 23.8 Å². The summed E-state index contributed by atoms with van der Waals surface area (Å²) in [5.41, 5.74) is 0.394. The van der Waals surface area contributed by atoms with Gasteiger partial charge in [-0.25, -0.2) is 0 Å². The summed E-state index contributed by atoms with van der Waals surface area (Å²) in [5.74, 6) is 0. The Balaban J connectivity index is 2.02. The number of nitro benzene ring substituents is 1. The fraction of sp³-hybridized carbons (Fsp3) is 0.200. The molecule has 0 amide bonds. The minimum atomic E-state index is -0.469. The summed E-state index contributed by atoms with van der Waals surface area (Å²) in [4.78, 5) is 10.4. The van der Waals surface area contributed by atoms with Crippen molar-refractivity contribution in [3.63, 3.8) is 0 Å². The van der Waals surface area contributed by atoms with Gasteiger partial charge >= 0.3 is 0 Å². The standard InChI is InChI=1S/C10H10ClN5O2/c11-8-1-2-9(10(7-8)16(17)18)12-3-5-15-6-4-13-14-15/h1-2,4,6-7,12H,3,5H2. The van der Waals surface area contributed by atoms with Crippen LogP contribution in [0.25, 0.3) is 0 Å². The molecule has 0 atom stereocenters. The molecule has 1 heterocycles. The molecule has 0 fully saturated rings. The maximum Gasteiger partial charge on any atom is 0.293 e. The highest BCUT2D eigenvalue weighted by Gasteiger charge is 2.13. The third-order valence-corrected chi connectivity index (χ3v) is 2.52. The number of anilines is 1. The van der Waals surface area contributed by atoms with Crippen LogP contribution in [0, 0.1) is 10.1 Å². The second-order valence-electron chi connectivity index (χ2n) is 3.51. The van der Waals surface area contributed by atoms with Crippen LogP contribution in [0.2, 0.25) is 5.02 Å². The van der Waals surface area contributed by atoms with Crippen LogP contribution in [0.3, 0.4) is 0 Å². The number of rotatable bonds is 5. The molecule has 94 valence electrons. The number of aromatic nitrogens is 3. The smallest absolute Gasteiger partial charge is 0.293 e. The van der Waals surface area contributed by atoms with Crippen molar-refractivity contribution in [3.05, 3.63) is 45.7 Å². The molecule has 0 aliphatic carbocycles. The van der Waals surface area contributed by atoms with Crippen LogP contribution in [-0.2, 0) is 6.54 Å². The van der Waals surface area contributed by atoms with Crippen molar-refractivity contribution in [1.29, 1.82) is 0 Å². The van der Waals surface area contributed by atoms with Gasteiger partial charge in [0.25, 0.3) is 5.69 Å². The van der Waals surface area contributed by atoms with Crippen LogP contribution in [0.4, 0.5) is 11.4 Å². The predicted molar refractivity (Wildman–Crippen MR) is 66.6 cm³/mol. The quantitative estimate of drug-likeness (QED) is 0.661. The largest absolute Gasteiger partial charge is 0.378 e. The maximum atomic E-state index is 10.8. The van der Waals surface area contributed by atoms with Crippen LogP contribution in [-0.4, -0.2) is 26.5 Å². The number of hydrogen-bond acceptors (Lipinski definition) is 5. The van der Waals surface area contributed by atoms with Crippen molar-refractivity contribution in [2.75, 3.05) is 11.9 Å². The van der Waals surface area contributed by atoms with Crippen molar-refractivity contribution < 1.29 is 4.92 Å². The second kappa shape index (κ2) is 5.46. The summed E-state index contributed by atoms with van der Waals surface area (Å²) in [6.07, 6.45) is 3.29. The first kappa shape index (κ1) is 12.3. The zero-order valence-corrected chi connectivity index (χ0v) is 10.0. The van der Waals surface area contributed by atoms with Gasteiger partial charge in [-0.15, -0.1) is 5.10 Å². The molecule has 0 aliphatic heterocycles. The number of nitrogens with one attached hydrogen (secondary N) is 1. The summed E-state index contributed by atoms with van der Waals surface area (Å²) in [7, 11) is 0. The van der Waals surface area contributed by atoms with Crippen molar-refractivity contribution in [1.82, 2.24) is 15.0 Å². The first-order valence-corrected chi connectivity index (χ1v) is 5.56. The lowest BCUT2D eigenvalue weighted by Gasteiger charge is -2.07. The highest BCUT2D eigenvalue weighted by Crippen LogP contribution is 2.27. The van der Waals surface area contributed by atoms with E-state index in [1.165, 1.54) is 6.07 Å². The third kappa shape index (κ3) is 2.95. The molecule has 0 saturated carbocycles. The Hall–Kier alpha value is -2.15. The van der Waals surface area contributed by atoms with Gasteiger partial charge in [0.15, 0.2) is 0 Å². The first-order valence-electron chi connectivity index (χ1n) is 5.19. The Bertz CT molecular complexity index is 543. The van der Waals surface area contributed by atoms with Gasteiger partial charge in [0.05, 0.1) is 17.7 Å². The van der Waals surface area contributed by atoms with E-state index >= 15 is 0 Å². The first-order chi connectivity index (χ1) is 8.66. The van der Waals surface area contributed by atoms with Gasteiger partial charge < -0.3 is 5.32 Å². The average Bonchev–Trinajstić information content (AvgIpc) is 2.84. The van der Waals surface area contributed by atoms with Crippen molar-refractivity contribution >= 4 is 23.0 Å². The minimum absolute atomic E-state index is 0.0407. The van der Waals surface area contributed by atoms with Crippen molar-refractivity contribution in [2.45, 2.75) is 6.54 Å². The normalized spacial score (nSPS) is 10.3. The van der Waals surface area contributed by atoms with Crippen molar-refractivity contribution in [3.8, 4) is 0 Å². The van der Waals surface area contributed by atoms with Gasteiger partial charge in [0, 0.05) is 23.8 Å². The van der Waals surface area contributed by atoms with E-state index in [-0.39, 0.29) is 5.69 Å². The molecule has 18 heavy (non-hydrogen) atoms. The van der Waals surface area contributed by atoms with E-state index in [9.17, 15) is 10.1 Å². The molecule has 0 aliphatic rings. The topological polar surface area (TPSA) is 85.9 Å². The second-order valence-corrected chi connectivity index (χ2v) is 3.95. The zero-order valence-electron chi connectivity index (χ0n) is 9.28. The Kier molecular flexibility index (Phi) is 3.73. The molecule has 0 radical (unpaired) electrons. The van der Waals surface area contributed by atoms with Gasteiger partial charge in [-0.2, -0.15) is 0 Å². The maximum absolute atomic E-state index is 10.8. The van der Waals surface area contributed by atoms with Gasteiger partial charge in [0.1, 0.15) is 5.69 Å². The van der Waals surface area contributed by atoms with Gasteiger partial charge in [-0.05, 0) is 12.1 Å². The van der Waals surface area contributed by atoms with E-state index in [4.69, 9.17) is 11.6 Å². The molecule has 7 nitrogen and oxygen atoms in total. The minimum Gasteiger partial charge on any atom is -0.378 e. The Morgan fingerprint density at radius 2 is 2.33 bits per heavy atom. The molecule has 0 bridgehead atoms. The van der Waals surface area contributed by atoms with Crippen LogP contribution in [0.5, 0.6) is 0 Å². The number of nitro groups is 1. The molecule has 1 aromatic heterocycles. The Labute approximate surface area is 108 Å². The number of halogens is 1. The van der Waals surface area contributed by atoms with Crippen LogP contribution in [0.15, 0.2) is 30.6 Å². The SMILES string of the molecule is O=[N+]([O-])c1cc(Cl)ccc1NCCn1ccnn1. The fourth-order valence-electron chi connectivity index (χ4n) is 1.46. The Morgan fingerprint density at radius 1 is 1.50 bits per heavy atom. The van der Waals surface area contributed by atoms with E-state index in [2.05, 4.69) is 15.6 Å². The molecule has 1 N–H and O–H groups in total. The summed E-state index contributed by atoms with van der Waals surface area (Å²) < 4.78 is 1.63. The van der Waals surface area contributed by atoms with Crippen LogP contribution in [0.1, 0.15) is 0 Å². The summed E-state index contributed by atoms with van der Waals surface area (Å²) in [5, 5.41) is 21.6. The summed E-state index contributed by atoms with van der Waals surface area (Å²) in [6.45, 7) is 1.08. The van der Waals surface area contributed by atoms with E-state index in [1.54, 1.807) is 29.2 Å². The van der Waals surface area contributed by atoms with Crippen LogP contribution < -0.4 is 5.32 Å². The van der Waals surface area contributed by atoms with Crippen molar-refractivity contribution in [2.24, 2.45) is 0 Å². The molecule has 0 spiro atoms. The summed E-state index contributed by atoms with van der Waals surface area (Å²) >= 11 is 5.72. The van der Waals surface area contributed by atoms with Crippen LogP contribution >= 0.6 is 11.6 Å². The van der Waals surface area contributed by atoms with E-state index in [1.807, 2.05) is 0 Å². The third-order valence-electron chi connectivity index (χ3n) is 2.28. The highest BCUT2D eigenvalue weighted by molar-refractivity contribution is 6.30. The lowest BCUT2D eigenvalue weighted by Crippen LogP contribution is -2.12. The van der Waals surface area contributed by atoms with Gasteiger partial charge in [-0.1, -0.05) is 16.8 Å². The Morgan fingerprint density at radius 3 is 3.00 bits per heavy atom.